The third kappa shape index (κ3) is 5.12. The SMILES string of the molecule is COC(C)(C)CCOc1ccc(NC(=O)C2(c3ccccc3)CCCC2)cc1Cl. The van der Waals surface area contributed by atoms with Gasteiger partial charge in [-0.2, -0.15) is 0 Å². The molecule has 0 bridgehead atoms. The third-order valence-corrected chi connectivity index (χ3v) is 6.22. The highest BCUT2D eigenvalue weighted by Gasteiger charge is 2.42. The Morgan fingerprint density at radius 1 is 1.14 bits per heavy atom. The molecule has 1 fully saturated rings. The zero-order chi connectivity index (χ0) is 20.9. The molecule has 1 aliphatic rings. The molecule has 1 saturated carbocycles. The molecule has 4 nitrogen and oxygen atoms in total. The first kappa shape index (κ1) is 21.7. The van der Waals surface area contributed by atoms with E-state index in [0.29, 0.717) is 23.1 Å². The first-order valence-electron chi connectivity index (χ1n) is 10.2. The number of halogens is 1. The van der Waals surface area contributed by atoms with E-state index in [2.05, 4.69) is 17.4 Å². The molecule has 1 N–H and O–H groups in total. The zero-order valence-electron chi connectivity index (χ0n) is 17.5. The highest BCUT2D eigenvalue weighted by Crippen LogP contribution is 2.42. The number of ether oxygens (including phenoxy) is 2. The van der Waals surface area contributed by atoms with Crippen LogP contribution in [0.2, 0.25) is 5.02 Å². The second kappa shape index (κ2) is 9.19. The Hall–Kier alpha value is -2.04. The average Bonchev–Trinajstić information content (AvgIpc) is 3.21. The standard InChI is InChI=1S/C24H30ClNO3/c1-23(2,28-3)15-16-29-21-12-11-19(17-20(21)25)26-22(27)24(13-7-8-14-24)18-9-5-4-6-10-18/h4-6,9-12,17H,7-8,13-16H2,1-3H3,(H,26,27). The summed E-state index contributed by atoms with van der Waals surface area (Å²) in [6.07, 6.45) is 4.61. The van der Waals surface area contributed by atoms with Crippen LogP contribution in [0.5, 0.6) is 5.75 Å². The Labute approximate surface area is 178 Å². The molecule has 0 saturated heterocycles. The molecule has 1 amide bonds. The van der Waals surface area contributed by atoms with E-state index in [-0.39, 0.29) is 11.5 Å². The number of carbonyl (C=O) groups excluding carboxylic acids is 1. The molecule has 0 atom stereocenters. The van der Waals surface area contributed by atoms with Crippen molar-refractivity contribution in [1.29, 1.82) is 0 Å². The molecule has 156 valence electrons. The van der Waals surface area contributed by atoms with Gasteiger partial charge < -0.3 is 14.8 Å². The highest BCUT2D eigenvalue weighted by atomic mass is 35.5. The summed E-state index contributed by atoms with van der Waals surface area (Å²) >= 11 is 6.40. The topological polar surface area (TPSA) is 47.6 Å². The van der Waals surface area contributed by atoms with Gasteiger partial charge in [0.2, 0.25) is 5.91 Å². The van der Waals surface area contributed by atoms with Crippen LogP contribution >= 0.6 is 11.6 Å². The van der Waals surface area contributed by atoms with Crippen molar-refractivity contribution in [3.05, 3.63) is 59.1 Å². The first-order chi connectivity index (χ1) is 13.9. The van der Waals surface area contributed by atoms with Crippen molar-refractivity contribution in [3.8, 4) is 5.75 Å². The molecule has 0 spiro atoms. The number of amides is 1. The number of nitrogens with one attached hydrogen (secondary N) is 1. The van der Waals surface area contributed by atoms with Crippen molar-refractivity contribution >= 4 is 23.2 Å². The Morgan fingerprint density at radius 2 is 1.83 bits per heavy atom. The minimum Gasteiger partial charge on any atom is -0.492 e. The maximum atomic E-state index is 13.2. The molecule has 0 unspecified atom stereocenters. The molecule has 5 heteroatoms. The maximum Gasteiger partial charge on any atom is 0.235 e. The van der Waals surface area contributed by atoms with E-state index in [1.807, 2.05) is 44.2 Å². The summed E-state index contributed by atoms with van der Waals surface area (Å²) in [5, 5.41) is 3.57. The van der Waals surface area contributed by atoms with Crippen LogP contribution in [0.3, 0.4) is 0 Å². The minimum atomic E-state index is -0.464. The van der Waals surface area contributed by atoms with Crippen LogP contribution in [0.15, 0.2) is 48.5 Å². The van der Waals surface area contributed by atoms with E-state index >= 15 is 0 Å². The van der Waals surface area contributed by atoms with Crippen LogP contribution in [-0.4, -0.2) is 25.2 Å². The number of hydrogen-bond acceptors (Lipinski definition) is 3. The number of benzene rings is 2. The van der Waals surface area contributed by atoms with Crippen molar-refractivity contribution in [1.82, 2.24) is 0 Å². The van der Waals surface area contributed by atoms with Gasteiger partial charge in [0.15, 0.2) is 0 Å². The molecule has 3 rings (SSSR count). The smallest absolute Gasteiger partial charge is 0.235 e. The number of carbonyl (C=O) groups is 1. The van der Waals surface area contributed by atoms with Gasteiger partial charge in [-0.05, 0) is 50.5 Å². The van der Waals surface area contributed by atoms with Crippen LogP contribution in [0, 0.1) is 0 Å². The molecular formula is C24H30ClNO3. The summed E-state index contributed by atoms with van der Waals surface area (Å²) in [5.41, 5.74) is 1.07. The summed E-state index contributed by atoms with van der Waals surface area (Å²) in [4.78, 5) is 13.2. The average molecular weight is 416 g/mol. The van der Waals surface area contributed by atoms with Gasteiger partial charge in [0.1, 0.15) is 5.75 Å². The lowest BCUT2D eigenvalue weighted by Gasteiger charge is -2.28. The first-order valence-corrected chi connectivity index (χ1v) is 10.6. The lowest BCUT2D eigenvalue weighted by molar-refractivity contribution is -0.121. The van der Waals surface area contributed by atoms with Gasteiger partial charge in [0.25, 0.3) is 0 Å². The maximum absolute atomic E-state index is 13.2. The van der Waals surface area contributed by atoms with Gasteiger partial charge in [0, 0.05) is 19.2 Å². The fourth-order valence-corrected chi connectivity index (χ4v) is 4.07. The predicted octanol–water partition coefficient (Wildman–Crippen LogP) is 5.98. The Balaban J connectivity index is 1.68. The lowest BCUT2D eigenvalue weighted by Crippen LogP contribution is -2.37. The van der Waals surface area contributed by atoms with Crippen molar-refractivity contribution < 1.29 is 14.3 Å². The Kier molecular flexibility index (Phi) is 6.86. The largest absolute Gasteiger partial charge is 0.492 e. The van der Waals surface area contributed by atoms with Crippen molar-refractivity contribution in [3.63, 3.8) is 0 Å². The van der Waals surface area contributed by atoms with E-state index in [1.165, 1.54) is 0 Å². The quantitative estimate of drug-likeness (QED) is 0.576. The fourth-order valence-electron chi connectivity index (χ4n) is 3.84. The second-order valence-electron chi connectivity index (χ2n) is 8.32. The number of hydrogen-bond donors (Lipinski definition) is 1. The van der Waals surface area contributed by atoms with Gasteiger partial charge >= 0.3 is 0 Å². The molecule has 1 aliphatic carbocycles. The molecule has 0 aliphatic heterocycles. The van der Waals surface area contributed by atoms with E-state index in [1.54, 1.807) is 13.2 Å². The number of rotatable bonds is 8. The van der Waals surface area contributed by atoms with Crippen LogP contribution in [0.4, 0.5) is 5.69 Å². The highest BCUT2D eigenvalue weighted by molar-refractivity contribution is 6.32. The minimum absolute atomic E-state index is 0.0350. The normalized spacial score (nSPS) is 15.9. The zero-order valence-corrected chi connectivity index (χ0v) is 18.2. The summed E-state index contributed by atoms with van der Waals surface area (Å²) in [7, 11) is 1.69. The molecular weight excluding hydrogens is 386 g/mol. The number of methoxy groups -OCH3 is 1. The van der Waals surface area contributed by atoms with Crippen LogP contribution in [0.25, 0.3) is 0 Å². The predicted molar refractivity (Wildman–Crippen MR) is 118 cm³/mol. The number of anilines is 1. The van der Waals surface area contributed by atoms with E-state index < -0.39 is 5.41 Å². The second-order valence-corrected chi connectivity index (χ2v) is 8.72. The molecule has 29 heavy (non-hydrogen) atoms. The molecule has 2 aromatic rings. The molecule has 0 aromatic heterocycles. The van der Waals surface area contributed by atoms with E-state index in [9.17, 15) is 4.79 Å². The van der Waals surface area contributed by atoms with Crippen LogP contribution < -0.4 is 10.1 Å². The summed E-state index contributed by atoms with van der Waals surface area (Å²) in [5.74, 6) is 0.642. The monoisotopic (exact) mass is 415 g/mol. The fraction of sp³-hybridized carbons (Fsp3) is 0.458. The van der Waals surface area contributed by atoms with Gasteiger partial charge in [-0.1, -0.05) is 54.8 Å². The van der Waals surface area contributed by atoms with E-state index in [4.69, 9.17) is 21.1 Å². The Bertz CT molecular complexity index is 829. The Morgan fingerprint density at radius 3 is 2.45 bits per heavy atom. The van der Waals surface area contributed by atoms with Gasteiger partial charge in [0.05, 0.1) is 22.6 Å². The van der Waals surface area contributed by atoms with Gasteiger partial charge in [-0.3, -0.25) is 4.79 Å². The van der Waals surface area contributed by atoms with Crippen molar-refractivity contribution in [2.45, 2.75) is 57.0 Å². The van der Waals surface area contributed by atoms with Crippen LogP contribution in [-0.2, 0) is 14.9 Å². The van der Waals surface area contributed by atoms with Crippen molar-refractivity contribution in [2.75, 3.05) is 19.0 Å². The molecule has 2 aromatic carbocycles. The lowest BCUT2D eigenvalue weighted by atomic mass is 9.78. The molecule has 0 heterocycles. The van der Waals surface area contributed by atoms with Gasteiger partial charge in [-0.15, -0.1) is 0 Å². The van der Waals surface area contributed by atoms with Crippen LogP contribution in [0.1, 0.15) is 51.5 Å². The molecule has 0 radical (unpaired) electrons. The summed E-state index contributed by atoms with van der Waals surface area (Å²) in [6.45, 7) is 4.54. The summed E-state index contributed by atoms with van der Waals surface area (Å²) < 4.78 is 11.2. The third-order valence-electron chi connectivity index (χ3n) is 5.92. The van der Waals surface area contributed by atoms with E-state index in [0.717, 1.165) is 37.7 Å². The van der Waals surface area contributed by atoms with Crippen molar-refractivity contribution in [2.24, 2.45) is 0 Å². The summed E-state index contributed by atoms with van der Waals surface area (Å²) in [6, 6.07) is 15.5. The van der Waals surface area contributed by atoms with Gasteiger partial charge in [-0.25, -0.2) is 0 Å².